The van der Waals surface area contributed by atoms with Gasteiger partial charge >= 0.3 is 0 Å². The summed E-state index contributed by atoms with van der Waals surface area (Å²) in [5, 5.41) is 3.43. The van der Waals surface area contributed by atoms with Crippen molar-refractivity contribution in [2.75, 3.05) is 13.2 Å². The molecule has 1 N–H and O–H groups in total. The van der Waals surface area contributed by atoms with Gasteiger partial charge < -0.3 is 10.1 Å². The van der Waals surface area contributed by atoms with Gasteiger partial charge in [0.1, 0.15) is 0 Å². The average molecular weight is 262 g/mol. The van der Waals surface area contributed by atoms with E-state index in [0.717, 1.165) is 23.9 Å². The topological polar surface area (TPSA) is 21.3 Å². The Hall–Kier alpha value is -0.0900. The van der Waals surface area contributed by atoms with Crippen LogP contribution in [-0.2, 0) is 11.2 Å². The Bertz CT molecular complexity index is 301. The summed E-state index contributed by atoms with van der Waals surface area (Å²) in [6.45, 7) is 7.95. The highest BCUT2D eigenvalue weighted by atomic mass is 35.5. The Balaban J connectivity index is 2.43. The molecule has 1 aromatic heterocycles. The van der Waals surface area contributed by atoms with Crippen LogP contribution in [-0.4, -0.2) is 25.3 Å². The zero-order valence-electron chi connectivity index (χ0n) is 10.1. The summed E-state index contributed by atoms with van der Waals surface area (Å²) in [6, 6.07) is 4.42. The van der Waals surface area contributed by atoms with Gasteiger partial charge in [0.2, 0.25) is 0 Å². The van der Waals surface area contributed by atoms with Gasteiger partial charge in [-0.3, -0.25) is 0 Å². The standard InChI is InChI=1S/C12H20ClNOS/c1-4-14-10(8-15-9(2)3)7-11-5-6-12(13)16-11/h5-6,9-10,14H,4,7-8H2,1-3H3. The van der Waals surface area contributed by atoms with Gasteiger partial charge in [-0.1, -0.05) is 18.5 Å². The summed E-state index contributed by atoms with van der Waals surface area (Å²) in [5.41, 5.74) is 0. The molecule has 0 aliphatic carbocycles. The van der Waals surface area contributed by atoms with Crippen molar-refractivity contribution >= 4 is 22.9 Å². The van der Waals surface area contributed by atoms with Gasteiger partial charge in [-0.25, -0.2) is 0 Å². The van der Waals surface area contributed by atoms with Gasteiger partial charge in [0.25, 0.3) is 0 Å². The normalized spacial score (nSPS) is 13.3. The minimum absolute atomic E-state index is 0.285. The molecule has 0 saturated heterocycles. The predicted octanol–water partition coefficient (Wildman–Crippen LogP) is 3.35. The molecule has 0 saturated carbocycles. The van der Waals surface area contributed by atoms with Crippen molar-refractivity contribution in [1.82, 2.24) is 5.32 Å². The fourth-order valence-corrected chi connectivity index (χ4v) is 2.66. The lowest BCUT2D eigenvalue weighted by Gasteiger charge is -2.18. The molecule has 2 nitrogen and oxygen atoms in total. The van der Waals surface area contributed by atoms with Crippen molar-refractivity contribution in [3.05, 3.63) is 21.3 Å². The largest absolute Gasteiger partial charge is 0.377 e. The summed E-state index contributed by atoms with van der Waals surface area (Å²) in [5.74, 6) is 0. The summed E-state index contributed by atoms with van der Waals surface area (Å²) < 4.78 is 6.50. The summed E-state index contributed by atoms with van der Waals surface area (Å²) >= 11 is 7.56. The van der Waals surface area contributed by atoms with Crippen molar-refractivity contribution in [1.29, 1.82) is 0 Å². The van der Waals surface area contributed by atoms with Crippen LogP contribution < -0.4 is 5.32 Å². The highest BCUT2D eigenvalue weighted by Gasteiger charge is 2.11. The first kappa shape index (κ1) is 14.0. The minimum Gasteiger partial charge on any atom is -0.377 e. The molecule has 0 fully saturated rings. The number of ether oxygens (including phenoxy) is 1. The Kier molecular flexibility index (Phi) is 6.36. The fourth-order valence-electron chi connectivity index (χ4n) is 1.49. The Morgan fingerprint density at radius 2 is 2.19 bits per heavy atom. The van der Waals surface area contributed by atoms with E-state index in [9.17, 15) is 0 Å². The molecule has 1 heterocycles. The van der Waals surface area contributed by atoms with Crippen LogP contribution in [0.15, 0.2) is 12.1 Å². The molecule has 0 radical (unpaired) electrons. The Labute approximate surface area is 107 Å². The second-order valence-electron chi connectivity index (χ2n) is 4.05. The third-order valence-electron chi connectivity index (χ3n) is 2.20. The summed E-state index contributed by atoms with van der Waals surface area (Å²) in [6.07, 6.45) is 1.27. The van der Waals surface area contributed by atoms with E-state index in [1.165, 1.54) is 4.88 Å². The van der Waals surface area contributed by atoms with Crippen LogP contribution in [0.5, 0.6) is 0 Å². The molecular weight excluding hydrogens is 242 g/mol. The Morgan fingerprint density at radius 1 is 1.44 bits per heavy atom. The number of halogens is 1. The number of hydrogen-bond acceptors (Lipinski definition) is 3. The first-order chi connectivity index (χ1) is 7.61. The number of likely N-dealkylation sites (N-methyl/N-ethyl adjacent to an activating group) is 1. The molecule has 1 aromatic rings. The smallest absolute Gasteiger partial charge is 0.0931 e. The van der Waals surface area contributed by atoms with Crippen molar-refractivity contribution in [3.8, 4) is 0 Å². The van der Waals surface area contributed by atoms with E-state index in [2.05, 4.69) is 32.2 Å². The molecule has 1 unspecified atom stereocenters. The van der Waals surface area contributed by atoms with Crippen LogP contribution in [0.1, 0.15) is 25.6 Å². The quantitative estimate of drug-likeness (QED) is 0.813. The predicted molar refractivity (Wildman–Crippen MR) is 71.6 cm³/mol. The van der Waals surface area contributed by atoms with Crippen LogP contribution in [0.2, 0.25) is 4.34 Å². The molecular formula is C12H20ClNOS. The molecule has 1 atom stereocenters. The van der Waals surface area contributed by atoms with Gasteiger partial charge in [0.05, 0.1) is 17.0 Å². The van der Waals surface area contributed by atoms with E-state index in [1.54, 1.807) is 11.3 Å². The fraction of sp³-hybridized carbons (Fsp3) is 0.667. The maximum atomic E-state index is 5.92. The monoisotopic (exact) mass is 261 g/mol. The molecule has 4 heteroatoms. The van der Waals surface area contributed by atoms with Gasteiger partial charge in [0, 0.05) is 10.9 Å². The van der Waals surface area contributed by atoms with Crippen LogP contribution in [0, 0.1) is 0 Å². The minimum atomic E-state index is 0.285. The molecule has 0 aromatic carbocycles. The lowest BCUT2D eigenvalue weighted by Crippen LogP contribution is -2.35. The highest BCUT2D eigenvalue weighted by molar-refractivity contribution is 7.16. The zero-order valence-corrected chi connectivity index (χ0v) is 11.7. The SMILES string of the molecule is CCNC(COC(C)C)Cc1ccc(Cl)s1. The Morgan fingerprint density at radius 3 is 2.69 bits per heavy atom. The van der Waals surface area contributed by atoms with Crippen molar-refractivity contribution in [3.63, 3.8) is 0 Å². The lowest BCUT2D eigenvalue weighted by atomic mass is 10.2. The molecule has 0 amide bonds. The van der Waals surface area contributed by atoms with E-state index >= 15 is 0 Å². The molecule has 1 rings (SSSR count). The zero-order chi connectivity index (χ0) is 12.0. The van der Waals surface area contributed by atoms with E-state index < -0.39 is 0 Å². The first-order valence-corrected chi connectivity index (χ1v) is 6.90. The molecule has 0 aliphatic heterocycles. The van der Waals surface area contributed by atoms with E-state index in [1.807, 2.05) is 6.07 Å². The highest BCUT2D eigenvalue weighted by Crippen LogP contribution is 2.22. The molecule has 0 bridgehead atoms. The molecule has 0 aliphatic rings. The van der Waals surface area contributed by atoms with Crippen LogP contribution in [0.3, 0.4) is 0 Å². The van der Waals surface area contributed by atoms with Crippen molar-refractivity contribution < 1.29 is 4.74 Å². The van der Waals surface area contributed by atoms with Crippen molar-refractivity contribution in [2.24, 2.45) is 0 Å². The van der Waals surface area contributed by atoms with Crippen molar-refractivity contribution in [2.45, 2.75) is 39.3 Å². The maximum absolute atomic E-state index is 5.92. The number of nitrogens with one attached hydrogen (secondary N) is 1. The van der Waals surface area contributed by atoms with Crippen LogP contribution >= 0.6 is 22.9 Å². The summed E-state index contributed by atoms with van der Waals surface area (Å²) in [7, 11) is 0. The second kappa shape index (κ2) is 7.28. The molecule has 0 spiro atoms. The third kappa shape index (κ3) is 5.30. The first-order valence-electron chi connectivity index (χ1n) is 5.71. The average Bonchev–Trinajstić information content (AvgIpc) is 2.61. The van der Waals surface area contributed by atoms with E-state index in [0.29, 0.717) is 6.04 Å². The van der Waals surface area contributed by atoms with Gasteiger partial charge in [-0.2, -0.15) is 0 Å². The summed E-state index contributed by atoms with van der Waals surface area (Å²) in [4.78, 5) is 1.31. The lowest BCUT2D eigenvalue weighted by molar-refractivity contribution is 0.0617. The molecule has 92 valence electrons. The van der Waals surface area contributed by atoms with E-state index in [-0.39, 0.29) is 6.10 Å². The number of hydrogen-bond donors (Lipinski definition) is 1. The third-order valence-corrected chi connectivity index (χ3v) is 3.45. The second-order valence-corrected chi connectivity index (χ2v) is 5.85. The van der Waals surface area contributed by atoms with Crippen LogP contribution in [0.25, 0.3) is 0 Å². The van der Waals surface area contributed by atoms with Gasteiger partial charge in [0.15, 0.2) is 0 Å². The number of rotatable bonds is 7. The van der Waals surface area contributed by atoms with E-state index in [4.69, 9.17) is 16.3 Å². The van der Waals surface area contributed by atoms with Gasteiger partial charge in [-0.05, 0) is 38.9 Å². The van der Waals surface area contributed by atoms with Crippen LogP contribution in [0.4, 0.5) is 0 Å². The maximum Gasteiger partial charge on any atom is 0.0931 e. The number of thiophene rings is 1. The molecule has 16 heavy (non-hydrogen) atoms. The van der Waals surface area contributed by atoms with Gasteiger partial charge in [-0.15, -0.1) is 11.3 Å².